The van der Waals surface area contributed by atoms with Crippen molar-refractivity contribution in [2.45, 2.75) is 12.8 Å². The molecule has 0 aliphatic carbocycles. The molecule has 0 saturated heterocycles. The van der Waals surface area contributed by atoms with Crippen LogP contribution in [0.25, 0.3) is 0 Å². The minimum Gasteiger partial charge on any atom is -0.492 e. The molecule has 3 nitrogen and oxygen atoms in total. The molecule has 0 amide bonds. The highest BCUT2D eigenvalue weighted by Gasteiger charge is 2.21. The van der Waals surface area contributed by atoms with Crippen LogP contribution in [0.4, 0.5) is 0 Å². The van der Waals surface area contributed by atoms with E-state index in [9.17, 15) is 5.11 Å². The van der Waals surface area contributed by atoms with Crippen molar-refractivity contribution in [2.75, 3.05) is 20.8 Å². The molecule has 0 aliphatic rings. The Balaban J connectivity index is 3.45. The number of aliphatic hydroxyl groups excluding tert-OH is 1. The van der Waals surface area contributed by atoms with Crippen molar-refractivity contribution in [1.29, 1.82) is 0 Å². The maximum Gasteiger partial charge on any atom is 0.175 e. The molecule has 5 heteroatoms. The number of halogens is 2. The molecule has 1 atom stereocenters. The number of ether oxygens (including phenoxy) is 2. The van der Waals surface area contributed by atoms with Gasteiger partial charge in [-0.25, -0.2) is 0 Å². The minimum absolute atomic E-state index is 0.000860. The van der Waals surface area contributed by atoms with Gasteiger partial charge in [0.2, 0.25) is 0 Å². The average Bonchev–Trinajstić information content (AvgIpc) is 2.27. The SMILES string of the molecule is COc1c(Br)cc(Cl)c(C(C)CO)c1OC. The normalized spacial score (nSPS) is 12.4. The third kappa shape index (κ3) is 2.44. The van der Waals surface area contributed by atoms with E-state index in [0.717, 1.165) is 10.0 Å². The van der Waals surface area contributed by atoms with Crippen molar-refractivity contribution >= 4 is 27.5 Å². The van der Waals surface area contributed by atoms with Crippen LogP contribution in [0.3, 0.4) is 0 Å². The molecule has 0 aliphatic heterocycles. The quantitative estimate of drug-likeness (QED) is 0.928. The molecule has 0 heterocycles. The van der Waals surface area contributed by atoms with Gasteiger partial charge in [-0.1, -0.05) is 18.5 Å². The van der Waals surface area contributed by atoms with Crippen molar-refractivity contribution in [3.63, 3.8) is 0 Å². The standard InChI is InChI=1S/C11H14BrClO3/c1-6(5-14)9-8(13)4-7(12)10(15-2)11(9)16-3/h4,6,14H,5H2,1-3H3. The molecule has 1 rings (SSSR count). The van der Waals surface area contributed by atoms with Crippen LogP contribution in [-0.4, -0.2) is 25.9 Å². The van der Waals surface area contributed by atoms with E-state index < -0.39 is 0 Å². The van der Waals surface area contributed by atoms with Crippen molar-refractivity contribution in [3.8, 4) is 11.5 Å². The molecule has 1 unspecified atom stereocenters. The Morgan fingerprint density at radius 3 is 2.38 bits per heavy atom. The van der Waals surface area contributed by atoms with E-state index >= 15 is 0 Å². The van der Waals surface area contributed by atoms with Crippen molar-refractivity contribution < 1.29 is 14.6 Å². The van der Waals surface area contributed by atoms with E-state index in [1.807, 2.05) is 6.92 Å². The molecule has 0 spiro atoms. The van der Waals surface area contributed by atoms with Crippen molar-refractivity contribution in [1.82, 2.24) is 0 Å². The molecule has 0 radical (unpaired) electrons. The van der Waals surface area contributed by atoms with E-state index in [0.29, 0.717) is 16.5 Å². The fraction of sp³-hybridized carbons (Fsp3) is 0.455. The first kappa shape index (κ1) is 13.6. The summed E-state index contributed by atoms with van der Waals surface area (Å²) in [7, 11) is 3.11. The first-order chi connectivity index (χ1) is 7.56. The highest BCUT2D eigenvalue weighted by atomic mass is 79.9. The van der Waals surface area contributed by atoms with Crippen molar-refractivity contribution in [2.24, 2.45) is 0 Å². The minimum atomic E-state index is -0.107. The van der Waals surface area contributed by atoms with Gasteiger partial charge in [0.15, 0.2) is 11.5 Å². The second kappa shape index (κ2) is 5.75. The predicted octanol–water partition coefficient (Wildman–Crippen LogP) is 3.22. The predicted molar refractivity (Wildman–Crippen MR) is 67.8 cm³/mol. The zero-order chi connectivity index (χ0) is 12.3. The Morgan fingerprint density at radius 2 is 1.94 bits per heavy atom. The average molecular weight is 310 g/mol. The van der Waals surface area contributed by atoms with Crippen LogP contribution >= 0.6 is 27.5 Å². The zero-order valence-corrected chi connectivity index (χ0v) is 11.7. The van der Waals surface area contributed by atoms with Gasteiger partial charge in [0.05, 0.1) is 18.7 Å². The molecular weight excluding hydrogens is 295 g/mol. The summed E-state index contributed by atoms with van der Waals surface area (Å²) in [5.41, 5.74) is 0.756. The lowest BCUT2D eigenvalue weighted by Crippen LogP contribution is -2.05. The largest absolute Gasteiger partial charge is 0.492 e. The van der Waals surface area contributed by atoms with Crippen LogP contribution in [0, 0.1) is 0 Å². The van der Waals surface area contributed by atoms with Crippen molar-refractivity contribution in [3.05, 3.63) is 21.1 Å². The van der Waals surface area contributed by atoms with E-state index in [1.54, 1.807) is 20.3 Å². The third-order valence-electron chi connectivity index (χ3n) is 2.35. The van der Waals surface area contributed by atoms with E-state index in [4.69, 9.17) is 21.1 Å². The molecule has 16 heavy (non-hydrogen) atoms. The third-order valence-corrected chi connectivity index (χ3v) is 3.26. The summed E-state index contributed by atoms with van der Waals surface area (Å²) < 4.78 is 11.3. The molecule has 0 bridgehead atoms. The van der Waals surface area contributed by atoms with Crippen LogP contribution in [0.1, 0.15) is 18.4 Å². The lowest BCUT2D eigenvalue weighted by Gasteiger charge is -2.19. The van der Waals surface area contributed by atoms with Gasteiger partial charge in [-0.3, -0.25) is 0 Å². The van der Waals surface area contributed by atoms with Gasteiger partial charge in [-0.2, -0.15) is 0 Å². The summed E-state index contributed by atoms with van der Waals surface area (Å²) in [6, 6.07) is 1.74. The number of methoxy groups -OCH3 is 2. The fourth-order valence-corrected chi connectivity index (χ4v) is 2.62. The van der Waals surface area contributed by atoms with Crippen LogP contribution in [0.5, 0.6) is 11.5 Å². The first-order valence-electron chi connectivity index (χ1n) is 4.77. The molecule has 0 saturated carbocycles. The Labute approximate surface area is 108 Å². The summed E-state index contributed by atoms with van der Waals surface area (Å²) in [5, 5.41) is 9.75. The molecule has 0 fully saturated rings. The van der Waals surface area contributed by atoms with Gasteiger partial charge in [0.25, 0.3) is 0 Å². The van der Waals surface area contributed by atoms with Gasteiger partial charge in [-0.05, 0) is 22.0 Å². The maximum atomic E-state index is 9.20. The van der Waals surface area contributed by atoms with Crippen LogP contribution in [0.15, 0.2) is 10.5 Å². The summed E-state index contributed by atoms with van der Waals surface area (Å²) in [6.45, 7) is 1.87. The Morgan fingerprint density at radius 1 is 1.38 bits per heavy atom. The zero-order valence-electron chi connectivity index (χ0n) is 9.38. The number of hydrogen-bond acceptors (Lipinski definition) is 3. The highest BCUT2D eigenvalue weighted by Crippen LogP contribution is 2.44. The maximum absolute atomic E-state index is 9.20. The lowest BCUT2D eigenvalue weighted by molar-refractivity contribution is 0.268. The first-order valence-corrected chi connectivity index (χ1v) is 5.94. The summed E-state index contributed by atoms with van der Waals surface area (Å²) in [4.78, 5) is 0. The lowest BCUT2D eigenvalue weighted by atomic mass is 10.0. The van der Waals surface area contributed by atoms with Gasteiger partial charge in [0, 0.05) is 23.1 Å². The second-order valence-electron chi connectivity index (χ2n) is 3.40. The number of aliphatic hydroxyl groups is 1. The Hall–Kier alpha value is -0.450. The molecule has 1 aromatic rings. The number of benzene rings is 1. The van der Waals surface area contributed by atoms with E-state index in [1.165, 1.54) is 0 Å². The van der Waals surface area contributed by atoms with E-state index in [2.05, 4.69) is 15.9 Å². The summed E-state index contributed by atoms with van der Waals surface area (Å²) >= 11 is 9.49. The topological polar surface area (TPSA) is 38.7 Å². The Kier molecular flexibility index (Phi) is 4.89. The van der Waals surface area contributed by atoms with E-state index in [-0.39, 0.29) is 12.5 Å². The van der Waals surface area contributed by atoms with Gasteiger partial charge in [0.1, 0.15) is 0 Å². The molecule has 0 aromatic heterocycles. The van der Waals surface area contributed by atoms with Gasteiger partial charge >= 0.3 is 0 Å². The smallest absolute Gasteiger partial charge is 0.175 e. The molecule has 90 valence electrons. The summed E-state index contributed by atoms with van der Waals surface area (Å²) in [5.74, 6) is 1.04. The van der Waals surface area contributed by atoms with Crippen LogP contribution < -0.4 is 9.47 Å². The highest BCUT2D eigenvalue weighted by molar-refractivity contribution is 9.10. The second-order valence-corrected chi connectivity index (χ2v) is 4.67. The van der Waals surface area contributed by atoms with Gasteiger partial charge in [-0.15, -0.1) is 0 Å². The number of rotatable bonds is 4. The molecular formula is C11H14BrClO3. The van der Waals surface area contributed by atoms with Crippen LogP contribution in [0.2, 0.25) is 5.02 Å². The monoisotopic (exact) mass is 308 g/mol. The molecule has 1 N–H and O–H groups in total. The van der Waals surface area contributed by atoms with Crippen LogP contribution in [-0.2, 0) is 0 Å². The molecule has 1 aromatic carbocycles. The summed E-state index contributed by atoms with van der Waals surface area (Å²) in [6.07, 6.45) is 0. The fourth-order valence-electron chi connectivity index (χ4n) is 1.54. The Bertz CT molecular complexity index is 382. The number of hydrogen-bond donors (Lipinski definition) is 1. The van der Waals surface area contributed by atoms with Gasteiger partial charge < -0.3 is 14.6 Å².